The molecular formula is C17H12N2O3S2. The zero-order valence-electron chi connectivity index (χ0n) is 12.3. The van der Waals surface area contributed by atoms with E-state index in [4.69, 9.17) is 12.2 Å². The average molecular weight is 356 g/mol. The lowest BCUT2D eigenvalue weighted by molar-refractivity contribution is -0.122. The molecule has 2 aromatic rings. The smallest absolute Gasteiger partial charge is 0.286 e. The number of hydrogen-bond donors (Lipinski definition) is 2. The number of hydrazone groups is 1. The minimum Gasteiger partial charge on any atom is -0.508 e. The van der Waals surface area contributed by atoms with Gasteiger partial charge in [0.15, 0.2) is 4.32 Å². The van der Waals surface area contributed by atoms with E-state index in [-0.39, 0.29) is 17.4 Å². The molecule has 0 radical (unpaired) electrons. The number of thiocarbonyl (C=S) groups is 1. The van der Waals surface area contributed by atoms with Crippen LogP contribution in [0.5, 0.6) is 11.5 Å². The van der Waals surface area contributed by atoms with Gasteiger partial charge in [0.2, 0.25) is 0 Å². The van der Waals surface area contributed by atoms with Gasteiger partial charge >= 0.3 is 0 Å². The highest BCUT2D eigenvalue weighted by Crippen LogP contribution is 2.32. The number of phenols is 2. The fourth-order valence-corrected chi connectivity index (χ4v) is 3.14. The highest BCUT2D eigenvalue weighted by Gasteiger charge is 2.31. The van der Waals surface area contributed by atoms with Gasteiger partial charge in [-0.1, -0.05) is 23.9 Å². The number of carbonyl (C=O) groups is 1. The van der Waals surface area contributed by atoms with Gasteiger partial charge in [0, 0.05) is 0 Å². The molecule has 0 aromatic heterocycles. The molecule has 0 aliphatic carbocycles. The average Bonchev–Trinajstić information content (AvgIpc) is 2.83. The van der Waals surface area contributed by atoms with Crippen LogP contribution in [0.1, 0.15) is 11.1 Å². The Balaban J connectivity index is 1.78. The Hall–Kier alpha value is -2.64. The number of rotatable bonds is 3. The number of phenolic OH excluding ortho intramolecular Hbond substituents is 2. The maximum atomic E-state index is 12.4. The monoisotopic (exact) mass is 356 g/mol. The summed E-state index contributed by atoms with van der Waals surface area (Å²) in [7, 11) is 0. The molecule has 2 N–H and O–H groups in total. The molecule has 3 rings (SSSR count). The van der Waals surface area contributed by atoms with Gasteiger partial charge in [-0.05, 0) is 65.8 Å². The van der Waals surface area contributed by atoms with E-state index in [1.807, 2.05) is 0 Å². The first kappa shape index (κ1) is 16.2. The van der Waals surface area contributed by atoms with E-state index in [0.29, 0.717) is 9.23 Å². The van der Waals surface area contributed by atoms with Gasteiger partial charge in [-0.3, -0.25) is 4.79 Å². The topological polar surface area (TPSA) is 73.1 Å². The van der Waals surface area contributed by atoms with Crippen LogP contribution in [0.2, 0.25) is 0 Å². The van der Waals surface area contributed by atoms with Gasteiger partial charge in [-0.25, -0.2) is 0 Å². The molecular weight excluding hydrogens is 344 g/mol. The molecule has 1 heterocycles. The minimum absolute atomic E-state index is 0.162. The highest BCUT2D eigenvalue weighted by molar-refractivity contribution is 8.26. The van der Waals surface area contributed by atoms with E-state index in [1.165, 1.54) is 35.1 Å². The summed E-state index contributed by atoms with van der Waals surface area (Å²) in [6.07, 6.45) is 3.21. The quantitative estimate of drug-likeness (QED) is 0.501. The van der Waals surface area contributed by atoms with Gasteiger partial charge in [-0.2, -0.15) is 10.1 Å². The van der Waals surface area contributed by atoms with Crippen molar-refractivity contribution in [1.82, 2.24) is 5.01 Å². The second kappa shape index (κ2) is 6.86. The number of benzene rings is 2. The maximum Gasteiger partial charge on any atom is 0.286 e. The van der Waals surface area contributed by atoms with Crippen LogP contribution in [0.4, 0.5) is 0 Å². The van der Waals surface area contributed by atoms with Gasteiger partial charge in [0.05, 0.1) is 11.1 Å². The van der Waals surface area contributed by atoms with Crippen LogP contribution in [-0.2, 0) is 4.79 Å². The molecule has 2 aromatic carbocycles. The normalized spacial score (nSPS) is 16.5. The maximum absolute atomic E-state index is 12.4. The lowest BCUT2D eigenvalue weighted by atomic mass is 10.2. The van der Waals surface area contributed by atoms with Crippen molar-refractivity contribution in [2.75, 3.05) is 0 Å². The fraction of sp³-hybridized carbons (Fsp3) is 0. The third kappa shape index (κ3) is 3.64. The Morgan fingerprint density at radius 3 is 2.08 bits per heavy atom. The molecule has 120 valence electrons. The fourth-order valence-electron chi connectivity index (χ4n) is 1.97. The molecule has 1 saturated heterocycles. The predicted octanol–water partition coefficient (Wildman–Crippen LogP) is 3.33. The number of aromatic hydroxyl groups is 2. The molecule has 1 fully saturated rings. The molecule has 0 bridgehead atoms. The Morgan fingerprint density at radius 2 is 1.50 bits per heavy atom. The lowest BCUT2D eigenvalue weighted by Gasteiger charge is -2.06. The summed E-state index contributed by atoms with van der Waals surface area (Å²) in [4.78, 5) is 12.9. The zero-order chi connectivity index (χ0) is 17.1. The van der Waals surface area contributed by atoms with Crippen molar-refractivity contribution in [3.63, 3.8) is 0 Å². The summed E-state index contributed by atoms with van der Waals surface area (Å²) in [5.41, 5.74) is 1.53. The molecule has 0 saturated carbocycles. The zero-order valence-corrected chi connectivity index (χ0v) is 13.9. The first-order chi connectivity index (χ1) is 11.5. The first-order valence-electron chi connectivity index (χ1n) is 6.93. The molecule has 1 amide bonds. The van der Waals surface area contributed by atoms with Crippen molar-refractivity contribution in [3.8, 4) is 11.5 Å². The Labute approximate surface area is 147 Å². The van der Waals surface area contributed by atoms with E-state index in [2.05, 4.69) is 5.10 Å². The summed E-state index contributed by atoms with van der Waals surface area (Å²) in [5.74, 6) is 0.0286. The molecule has 1 aliphatic heterocycles. The summed E-state index contributed by atoms with van der Waals surface area (Å²) in [6.45, 7) is 0. The lowest BCUT2D eigenvalue weighted by Crippen LogP contribution is -2.22. The predicted molar refractivity (Wildman–Crippen MR) is 98.8 cm³/mol. The van der Waals surface area contributed by atoms with Crippen LogP contribution >= 0.6 is 24.0 Å². The Bertz CT molecular complexity index is 843. The Kier molecular flexibility index (Phi) is 4.64. The molecule has 1 aliphatic rings. The molecule has 24 heavy (non-hydrogen) atoms. The van der Waals surface area contributed by atoms with Crippen molar-refractivity contribution in [1.29, 1.82) is 0 Å². The van der Waals surface area contributed by atoms with E-state index in [1.54, 1.807) is 42.5 Å². The van der Waals surface area contributed by atoms with Crippen LogP contribution in [0.3, 0.4) is 0 Å². The van der Waals surface area contributed by atoms with Crippen LogP contribution in [0, 0.1) is 0 Å². The molecule has 0 spiro atoms. The highest BCUT2D eigenvalue weighted by atomic mass is 32.2. The van der Waals surface area contributed by atoms with Crippen molar-refractivity contribution < 1.29 is 15.0 Å². The van der Waals surface area contributed by atoms with Crippen LogP contribution in [0.15, 0.2) is 58.5 Å². The van der Waals surface area contributed by atoms with Crippen LogP contribution in [-0.4, -0.2) is 31.7 Å². The van der Waals surface area contributed by atoms with E-state index < -0.39 is 0 Å². The third-order valence-corrected chi connectivity index (χ3v) is 4.46. The van der Waals surface area contributed by atoms with Crippen molar-refractivity contribution in [2.24, 2.45) is 5.10 Å². The van der Waals surface area contributed by atoms with E-state index in [0.717, 1.165) is 11.1 Å². The summed E-state index contributed by atoms with van der Waals surface area (Å²) in [5, 5.41) is 23.8. The summed E-state index contributed by atoms with van der Waals surface area (Å²) in [6, 6.07) is 13.0. The minimum atomic E-state index is -0.298. The largest absolute Gasteiger partial charge is 0.508 e. The molecule has 0 unspecified atom stereocenters. The Morgan fingerprint density at radius 1 is 0.958 bits per heavy atom. The second-order valence-corrected chi connectivity index (χ2v) is 6.60. The van der Waals surface area contributed by atoms with Gasteiger partial charge in [0.1, 0.15) is 11.5 Å². The first-order valence-corrected chi connectivity index (χ1v) is 8.15. The van der Waals surface area contributed by atoms with E-state index in [9.17, 15) is 15.0 Å². The number of amides is 1. The van der Waals surface area contributed by atoms with Crippen LogP contribution < -0.4 is 0 Å². The van der Waals surface area contributed by atoms with Crippen molar-refractivity contribution in [3.05, 3.63) is 64.6 Å². The molecule has 7 heteroatoms. The van der Waals surface area contributed by atoms with Gasteiger partial charge < -0.3 is 10.2 Å². The van der Waals surface area contributed by atoms with Gasteiger partial charge in [-0.15, -0.1) is 0 Å². The number of thioether (sulfide) groups is 1. The second-order valence-electron chi connectivity index (χ2n) is 4.92. The number of carbonyl (C=O) groups excluding carboxylic acids is 1. The SMILES string of the molecule is O=C1C(=Cc2ccc(O)cc2)SC(=S)N1/N=C/c1ccc(O)cc1. The van der Waals surface area contributed by atoms with Crippen molar-refractivity contribution >= 4 is 46.5 Å². The molecule has 5 nitrogen and oxygen atoms in total. The molecule has 0 atom stereocenters. The van der Waals surface area contributed by atoms with Crippen LogP contribution in [0.25, 0.3) is 6.08 Å². The summed E-state index contributed by atoms with van der Waals surface area (Å²) < 4.78 is 0.347. The van der Waals surface area contributed by atoms with E-state index >= 15 is 0 Å². The van der Waals surface area contributed by atoms with Gasteiger partial charge in [0.25, 0.3) is 5.91 Å². The number of nitrogens with zero attached hydrogens (tertiary/aromatic N) is 2. The van der Waals surface area contributed by atoms with Crippen molar-refractivity contribution in [2.45, 2.75) is 0 Å². The number of hydrogen-bond acceptors (Lipinski definition) is 6. The summed E-state index contributed by atoms with van der Waals surface area (Å²) >= 11 is 6.37. The standard InChI is InChI=1S/C17H12N2O3S2/c20-13-5-1-11(2-6-13)9-15-16(22)19(17(23)24-15)18-10-12-3-7-14(21)8-4-12/h1-10,20-21H/b15-9?,18-10+. The third-order valence-electron chi connectivity index (χ3n) is 3.18.